The molecule has 0 spiro atoms. The van der Waals surface area contributed by atoms with Crippen molar-refractivity contribution in [1.82, 2.24) is 5.32 Å². The Bertz CT molecular complexity index is 554. The summed E-state index contributed by atoms with van der Waals surface area (Å²) >= 11 is 0. The van der Waals surface area contributed by atoms with E-state index in [9.17, 15) is 5.11 Å². The van der Waals surface area contributed by atoms with Gasteiger partial charge < -0.3 is 15.2 Å². The lowest BCUT2D eigenvalue weighted by molar-refractivity contribution is 0.184. The SMILES string of the molecule is COCc1ccccc1CNC(C)c1cccc(O)c1. The van der Waals surface area contributed by atoms with Crippen LogP contribution < -0.4 is 5.32 Å². The Morgan fingerprint density at radius 2 is 1.85 bits per heavy atom. The van der Waals surface area contributed by atoms with E-state index >= 15 is 0 Å². The molecule has 0 aliphatic carbocycles. The predicted octanol–water partition coefficient (Wildman–Crippen LogP) is 3.39. The summed E-state index contributed by atoms with van der Waals surface area (Å²) in [6.45, 7) is 3.49. The molecule has 0 aliphatic heterocycles. The number of methoxy groups -OCH3 is 1. The summed E-state index contributed by atoms with van der Waals surface area (Å²) in [5, 5.41) is 13.0. The van der Waals surface area contributed by atoms with E-state index in [4.69, 9.17) is 4.74 Å². The second-order valence-electron chi connectivity index (χ2n) is 4.90. The monoisotopic (exact) mass is 271 g/mol. The fourth-order valence-electron chi connectivity index (χ4n) is 2.20. The number of ether oxygens (including phenoxy) is 1. The van der Waals surface area contributed by atoms with Crippen molar-refractivity contribution in [2.75, 3.05) is 7.11 Å². The molecule has 2 aromatic rings. The molecule has 0 aliphatic rings. The Hall–Kier alpha value is -1.84. The van der Waals surface area contributed by atoms with Gasteiger partial charge in [0.1, 0.15) is 5.75 Å². The number of aromatic hydroxyl groups is 1. The van der Waals surface area contributed by atoms with Crippen molar-refractivity contribution in [1.29, 1.82) is 0 Å². The molecule has 3 nitrogen and oxygen atoms in total. The van der Waals surface area contributed by atoms with E-state index in [0.29, 0.717) is 12.4 Å². The van der Waals surface area contributed by atoms with Crippen molar-refractivity contribution in [3.63, 3.8) is 0 Å². The Balaban J connectivity index is 2.01. The summed E-state index contributed by atoms with van der Waals surface area (Å²) in [6, 6.07) is 15.8. The van der Waals surface area contributed by atoms with Gasteiger partial charge in [0.25, 0.3) is 0 Å². The molecule has 2 rings (SSSR count). The lowest BCUT2D eigenvalue weighted by Crippen LogP contribution is -2.19. The van der Waals surface area contributed by atoms with Crippen LogP contribution >= 0.6 is 0 Å². The van der Waals surface area contributed by atoms with Crippen LogP contribution in [0.25, 0.3) is 0 Å². The molecule has 0 bridgehead atoms. The molecule has 106 valence electrons. The van der Waals surface area contributed by atoms with E-state index in [2.05, 4.69) is 24.4 Å². The van der Waals surface area contributed by atoms with Crippen LogP contribution in [-0.2, 0) is 17.9 Å². The van der Waals surface area contributed by atoms with E-state index in [1.807, 2.05) is 24.3 Å². The number of benzene rings is 2. The summed E-state index contributed by atoms with van der Waals surface area (Å²) in [6.07, 6.45) is 0. The molecule has 0 fully saturated rings. The zero-order valence-electron chi connectivity index (χ0n) is 12.0. The molecule has 20 heavy (non-hydrogen) atoms. The zero-order valence-corrected chi connectivity index (χ0v) is 12.0. The van der Waals surface area contributed by atoms with Crippen LogP contribution in [0.3, 0.4) is 0 Å². The molecule has 0 aromatic heterocycles. The second-order valence-corrected chi connectivity index (χ2v) is 4.90. The van der Waals surface area contributed by atoms with Crippen molar-refractivity contribution in [3.05, 3.63) is 65.2 Å². The van der Waals surface area contributed by atoms with Crippen LogP contribution in [0.2, 0.25) is 0 Å². The molecule has 2 N–H and O–H groups in total. The van der Waals surface area contributed by atoms with Crippen molar-refractivity contribution >= 4 is 0 Å². The number of hydrogen-bond donors (Lipinski definition) is 2. The van der Waals surface area contributed by atoms with E-state index in [0.717, 1.165) is 12.1 Å². The van der Waals surface area contributed by atoms with Crippen LogP contribution in [0.5, 0.6) is 5.75 Å². The smallest absolute Gasteiger partial charge is 0.115 e. The minimum absolute atomic E-state index is 0.178. The van der Waals surface area contributed by atoms with Gasteiger partial charge in [-0.25, -0.2) is 0 Å². The quantitative estimate of drug-likeness (QED) is 0.846. The topological polar surface area (TPSA) is 41.5 Å². The van der Waals surface area contributed by atoms with Gasteiger partial charge in [0.2, 0.25) is 0 Å². The number of phenolic OH excluding ortho intramolecular Hbond substituents is 1. The second kappa shape index (κ2) is 7.08. The van der Waals surface area contributed by atoms with Gasteiger partial charge in [-0.05, 0) is 35.7 Å². The summed E-state index contributed by atoms with van der Waals surface area (Å²) in [4.78, 5) is 0. The van der Waals surface area contributed by atoms with Crippen molar-refractivity contribution in [2.24, 2.45) is 0 Å². The van der Waals surface area contributed by atoms with Crippen molar-refractivity contribution < 1.29 is 9.84 Å². The van der Waals surface area contributed by atoms with Gasteiger partial charge in [0.05, 0.1) is 6.61 Å². The fraction of sp³-hybridized carbons (Fsp3) is 0.294. The Morgan fingerprint density at radius 3 is 2.55 bits per heavy atom. The highest BCUT2D eigenvalue weighted by Gasteiger charge is 2.07. The highest BCUT2D eigenvalue weighted by Crippen LogP contribution is 2.19. The number of rotatable bonds is 6. The van der Waals surface area contributed by atoms with E-state index < -0.39 is 0 Å². The molecule has 0 saturated carbocycles. The lowest BCUT2D eigenvalue weighted by Gasteiger charge is -2.16. The van der Waals surface area contributed by atoms with Crippen LogP contribution in [0.1, 0.15) is 29.7 Å². The fourth-order valence-corrected chi connectivity index (χ4v) is 2.20. The third-order valence-electron chi connectivity index (χ3n) is 3.39. The number of phenols is 1. The number of hydrogen-bond acceptors (Lipinski definition) is 3. The molecule has 0 radical (unpaired) electrons. The third-order valence-corrected chi connectivity index (χ3v) is 3.39. The molecule has 1 unspecified atom stereocenters. The van der Waals surface area contributed by atoms with Gasteiger partial charge in [-0.2, -0.15) is 0 Å². The highest BCUT2D eigenvalue weighted by molar-refractivity contribution is 5.30. The van der Waals surface area contributed by atoms with Gasteiger partial charge in [-0.3, -0.25) is 0 Å². The minimum Gasteiger partial charge on any atom is -0.508 e. The van der Waals surface area contributed by atoms with E-state index in [1.54, 1.807) is 19.2 Å². The van der Waals surface area contributed by atoms with Crippen LogP contribution in [-0.4, -0.2) is 12.2 Å². The minimum atomic E-state index is 0.178. The maximum Gasteiger partial charge on any atom is 0.115 e. The van der Waals surface area contributed by atoms with Gasteiger partial charge in [0.15, 0.2) is 0 Å². The first-order valence-corrected chi connectivity index (χ1v) is 6.78. The normalized spacial score (nSPS) is 12.3. The Morgan fingerprint density at radius 1 is 1.10 bits per heavy atom. The Labute approximate surface area is 120 Å². The zero-order chi connectivity index (χ0) is 14.4. The van der Waals surface area contributed by atoms with Crippen LogP contribution in [0.4, 0.5) is 0 Å². The summed E-state index contributed by atoms with van der Waals surface area (Å²) in [5.74, 6) is 0.302. The molecule has 0 amide bonds. The molecule has 0 saturated heterocycles. The first kappa shape index (κ1) is 14.6. The first-order chi connectivity index (χ1) is 9.70. The maximum absolute atomic E-state index is 9.52. The van der Waals surface area contributed by atoms with Crippen molar-refractivity contribution in [2.45, 2.75) is 26.1 Å². The van der Waals surface area contributed by atoms with E-state index in [-0.39, 0.29) is 6.04 Å². The van der Waals surface area contributed by atoms with Gasteiger partial charge in [-0.15, -0.1) is 0 Å². The molecular formula is C17H21NO2. The van der Waals surface area contributed by atoms with Crippen molar-refractivity contribution in [3.8, 4) is 5.75 Å². The molecule has 3 heteroatoms. The Kier molecular flexibility index (Phi) is 5.16. The summed E-state index contributed by atoms with van der Waals surface area (Å²) < 4.78 is 5.21. The molecule has 2 aromatic carbocycles. The first-order valence-electron chi connectivity index (χ1n) is 6.78. The number of nitrogens with one attached hydrogen (secondary N) is 1. The molecule has 0 heterocycles. The van der Waals surface area contributed by atoms with Gasteiger partial charge in [-0.1, -0.05) is 36.4 Å². The highest BCUT2D eigenvalue weighted by atomic mass is 16.5. The summed E-state index contributed by atoms with van der Waals surface area (Å²) in [7, 11) is 1.71. The largest absolute Gasteiger partial charge is 0.508 e. The van der Waals surface area contributed by atoms with Gasteiger partial charge >= 0.3 is 0 Å². The summed E-state index contributed by atoms with van der Waals surface area (Å²) in [5.41, 5.74) is 3.51. The molecule has 1 atom stereocenters. The average Bonchev–Trinajstić information content (AvgIpc) is 2.46. The standard InChI is InChI=1S/C17H21NO2/c1-13(14-8-5-9-17(19)10-14)18-11-15-6-3-4-7-16(15)12-20-2/h3-10,13,18-19H,11-12H2,1-2H3. The molecular weight excluding hydrogens is 250 g/mol. The lowest BCUT2D eigenvalue weighted by atomic mass is 10.1. The third kappa shape index (κ3) is 3.83. The van der Waals surface area contributed by atoms with Crippen LogP contribution in [0, 0.1) is 0 Å². The predicted molar refractivity (Wildman–Crippen MR) is 80.5 cm³/mol. The van der Waals surface area contributed by atoms with E-state index in [1.165, 1.54) is 11.1 Å². The maximum atomic E-state index is 9.52. The van der Waals surface area contributed by atoms with Crippen LogP contribution in [0.15, 0.2) is 48.5 Å². The van der Waals surface area contributed by atoms with Gasteiger partial charge in [0, 0.05) is 19.7 Å². The average molecular weight is 271 g/mol.